The van der Waals surface area contributed by atoms with Gasteiger partial charge < -0.3 is 9.84 Å². The molecule has 1 N–H and O–H groups in total. The molecule has 0 radical (unpaired) electrons. The summed E-state index contributed by atoms with van der Waals surface area (Å²) in [4.78, 5) is 20.9. The minimum Gasteiger partial charge on any atom is -0.478 e. The van der Waals surface area contributed by atoms with Crippen molar-refractivity contribution in [3.8, 4) is 5.75 Å². The minimum absolute atomic E-state index is 0.101. The molecule has 0 aliphatic heterocycles. The molecule has 0 aliphatic carbocycles. The van der Waals surface area contributed by atoms with Crippen molar-refractivity contribution in [2.75, 3.05) is 0 Å². The van der Waals surface area contributed by atoms with Gasteiger partial charge in [-0.05, 0) is 6.07 Å². The lowest BCUT2D eigenvalue weighted by Gasteiger charge is -2.08. The number of carbonyl (C=O) groups excluding carboxylic acids is 1. The molecule has 0 spiro atoms. The Balaban J connectivity index is 3.26. The molecule has 0 bridgehead atoms. The summed E-state index contributed by atoms with van der Waals surface area (Å²) in [6.45, 7) is -3.23. The number of ether oxygens (including phenoxy) is 1. The van der Waals surface area contributed by atoms with Crippen LogP contribution in [0.4, 0.5) is 13.2 Å². The molecule has 0 unspecified atom stereocenters. The van der Waals surface area contributed by atoms with Crippen molar-refractivity contribution in [3.63, 3.8) is 0 Å². The Morgan fingerprint density at radius 2 is 2.06 bits per heavy atom. The van der Waals surface area contributed by atoms with Gasteiger partial charge in [-0.15, -0.1) is 0 Å². The molecular formula is C9H5F3O4. The molecule has 0 saturated heterocycles. The van der Waals surface area contributed by atoms with E-state index < -0.39 is 35.3 Å². The number of aromatic carboxylic acids is 1. The number of hydrogen-bond donors (Lipinski definition) is 1. The first-order valence-corrected chi connectivity index (χ1v) is 3.92. The SMILES string of the molecule is O=Cc1cc(C(=O)O)c(F)cc1OC(F)F. The van der Waals surface area contributed by atoms with E-state index in [1.165, 1.54) is 0 Å². The Morgan fingerprint density at radius 1 is 1.44 bits per heavy atom. The lowest BCUT2D eigenvalue weighted by atomic mass is 10.1. The average molecular weight is 234 g/mol. The van der Waals surface area contributed by atoms with E-state index in [9.17, 15) is 22.8 Å². The van der Waals surface area contributed by atoms with E-state index in [0.717, 1.165) is 0 Å². The molecule has 0 amide bonds. The van der Waals surface area contributed by atoms with Crippen LogP contribution in [0, 0.1) is 5.82 Å². The van der Waals surface area contributed by atoms with Gasteiger partial charge in [-0.2, -0.15) is 8.78 Å². The Hall–Kier alpha value is -2.05. The number of carboxylic acid groups (broad SMARTS) is 1. The van der Waals surface area contributed by atoms with Gasteiger partial charge >= 0.3 is 12.6 Å². The number of carbonyl (C=O) groups is 2. The third kappa shape index (κ3) is 2.50. The maximum Gasteiger partial charge on any atom is 0.387 e. The highest BCUT2D eigenvalue weighted by Gasteiger charge is 2.17. The van der Waals surface area contributed by atoms with Crippen LogP contribution in [0.3, 0.4) is 0 Å². The Labute approximate surface area is 87.3 Å². The Bertz CT molecular complexity index is 431. The highest BCUT2D eigenvalue weighted by molar-refractivity contribution is 5.91. The largest absolute Gasteiger partial charge is 0.478 e. The van der Waals surface area contributed by atoms with Crippen LogP contribution < -0.4 is 4.74 Å². The normalized spacial score (nSPS) is 10.2. The van der Waals surface area contributed by atoms with Crippen LogP contribution in [0.15, 0.2) is 12.1 Å². The van der Waals surface area contributed by atoms with Gasteiger partial charge in [0.15, 0.2) is 6.29 Å². The van der Waals surface area contributed by atoms with E-state index >= 15 is 0 Å². The van der Waals surface area contributed by atoms with E-state index in [4.69, 9.17) is 5.11 Å². The number of aldehydes is 1. The van der Waals surface area contributed by atoms with E-state index in [1.807, 2.05) is 0 Å². The zero-order valence-corrected chi connectivity index (χ0v) is 7.62. The molecule has 0 heterocycles. The summed E-state index contributed by atoms with van der Waals surface area (Å²) in [6.07, 6.45) is 0.101. The number of hydrogen-bond acceptors (Lipinski definition) is 3. The van der Waals surface area contributed by atoms with Crippen LogP contribution in [0.25, 0.3) is 0 Å². The van der Waals surface area contributed by atoms with E-state index in [0.29, 0.717) is 12.1 Å². The van der Waals surface area contributed by atoms with E-state index in [-0.39, 0.29) is 6.29 Å². The van der Waals surface area contributed by atoms with Crippen molar-refractivity contribution in [1.82, 2.24) is 0 Å². The van der Waals surface area contributed by atoms with Crippen molar-refractivity contribution in [2.45, 2.75) is 6.61 Å². The van der Waals surface area contributed by atoms with Crippen molar-refractivity contribution >= 4 is 12.3 Å². The van der Waals surface area contributed by atoms with Gasteiger partial charge in [0.05, 0.1) is 11.1 Å². The maximum absolute atomic E-state index is 13.0. The molecule has 0 fully saturated rings. The molecule has 0 aromatic heterocycles. The first-order chi connectivity index (χ1) is 7.45. The summed E-state index contributed by atoms with van der Waals surface area (Å²) in [6, 6.07) is 1.06. The van der Waals surface area contributed by atoms with Crippen molar-refractivity contribution < 1.29 is 32.6 Å². The standard InChI is InChI=1S/C9H5F3O4/c10-6-2-7(16-9(11)12)4(3-13)1-5(6)8(14)15/h1-3,9H,(H,14,15). The van der Waals surface area contributed by atoms with Crippen LogP contribution in [-0.4, -0.2) is 24.0 Å². The predicted octanol–water partition coefficient (Wildman–Crippen LogP) is 1.94. The molecular weight excluding hydrogens is 229 g/mol. The first kappa shape index (κ1) is 12.0. The van der Waals surface area contributed by atoms with Crippen molar-refractivity contribution in [2.24, 2.45) is 0 Å². The number of halogens is 3. The van der Waals surface area contributed by atoms with Crippen LogP contribution in [0.1, 0.15) is 20.7 Å². The van der Waals surface area contributed by atoms with Crippen molar-refractivity contribution in [1.29, 1.82) is 0 Å². The molecule has 1 rings (SSSR count). The zero-order chi connectivity index (χ0) is 12.3. The second-order valence-electron chi connectivity index (χ2n) is 2.67. The van der Waals surface area contributed by atoms with Gasteiger partial charge in [0.1, 0.15) is 11.6 Å². The highest BCUT2D eigenvalue weighted by atomic mass is 19.3. The summed E-state index contributed by atoms with van der Waals surface area (Å²) < 4.78 is 40.6. The summed E-state index contributed by atoms with van der Waals surface area (Å²) in [7, 11) is 0. The second kappa shape index (κ2) is 4.65. The lowest BCUT2D eigenvalue weighted by Crippen LogP contribution is -2.08. The lowest BCUT2D eigenvalue weighted by molar-refractivity contribution is -0.0502. The van der Waals surface area contributed by atoms with Crippen molar-refractivity contribution in [3.05, 3.63) is 29.1 Å². The van der Waals surface area contributed by atoms with Crippen LogP contribution in [0.2, 0.25) is 0 Å². The fraction of sp³-hybridized carbons (Fsp3) is 0.111. The van der Waals surface area contributed by atoms with Gasteiger partial charge in [-0.1, -0.05) is 0 Å². The van der Waals surface area contributed by atoms with Crippen LogP contribution in [0.5, 0.6) is 5.75 Å². The molecule has 86 valence electrons. The maximum atomic E-state index is 13.0. The third-order valence-corrected chi connectivity index (χ3v) is 1.67. The minimum atomic E-state index is -3.23. The molecule has 7 heteroatoms. The first-order valence-electron chi connectivity index (χ1n) is 3.92. The fourth-order valence-corrected chi connectivity index (χ4v) is 1.03. The van der Waals surface area contributed by atoms with Gasteiger partial charge in [0.2, 0.25) is 0 Å². The monoisotopic (exact) mass is 234 g/mol. The summed E-state index contributed by atoms with van der Waals surface area (Å²) in [5, 5.41) is 8.51. The molecule has 4 nitrogen and oxygen atoms in total. The molecule has 1 aromatic rings. The summed E-state index contributed by atoms with van der Waals surface area (Å²) in [5.74, 6) is -3.56. The van der Waals surface area contributed by atoms with Crippen LogP contribution >= 0.6 is 0 Å². The fourth-order valence-electron chi connectivity index (χ4n) is 1.03. The average Bonchev–Trinajstić information content (AvgIpc) is 2.16. The summed E-state index contributed by atoms with van der Waals surface area (Å²) in [5.41, 5.74) is -1.25. The molecule has 1 aromatic carbocycles. The number of benzene rings is 1. The second-order valence-corrected chi connectivity index (χ2v) is 2.67. The van der Waals surface area contributed by atoms with Gasteiger partial charge in [0.25, 0.3) is 0 Å². The topological polar surface area (TPSA) is 63.6 Å². The predicted molar refractivity (Wildman–Crippen MR) is 45.4 cm³/mol. The zero-order valence-electron chi connectivity index (χ0n) is 7.62. The smallest absolute Gasteiger partial charge is 0.387 e. The Morgan fingerprint density at radius 3 is 2.50 bits per heavy atom. The van der Waals surface area contributed by atoms with Crippen LogP contribution in [-0.2, 0) is 0 Å². The summed E-state index contributed by atoms with van der Waals surface area (Å²) >= 11 is 0. The Kier molecular flexibility index (Phi) is 3.49. The highest BCUT2D eigenvalue weighted by Crippen LogP contribution is 2.23. The van der Waals surface area contributed by atoms with Gasteiger partial charge in [-0.25, -0.2) is 9.18 Å². The third-order valence-electron chi connectivity index (χ3n) is 1.67. The van der Waals surface area contributed by atoms with Gasteiger partial charge in [-0.3, -0.25) is 4.79 Å². The number of alkyl halides is 2. The van der Waals surface area contributed by atoms with E-state index in [2.05, 4.69) is 4.74 Å². The molecule has 0 aliphatic rings. The molecule has 0 atom stereocenters. The number of carboxylic acids is 1. The molecule has 16 heavy (non-hydrogen) atoms. The van der Waals surface area contributed by atoms with Gasteiger partial charge in [0, 0.05) is 6.07 Å². The van der Waals surface area contributed by atoms with E-state index in [1.54, 1.807) is 0 Å². The molecule has 0 saturated carbocycles. The quantitative estimate of drug-likeness (QED) is 0.808. The number of rotatable bonds is 4.